The number of nitrogens with one attached hydrogen (secondary N) is 1. The highest BCUT2D eigenvalue weighted by Crippen LogP contribution is 2.39. The van der Waals surface area contributed by atoms with Crippen molar-refractivity contribution in [3.63, 3.8) is 0 Å². The number of nitrogens with zero attached hydrogens (tertiary/aromatic N) is 2. The van der Waals surface area contributed by atoms with Gasteiger partial charge in [0.25, 0.3) is 11.8 Å². The van der Waals surface area contributed by atoms with Crippen LogP contribution in [0.3, 0.4) is 0 Å². The number of hydrogen-bond donors (Lipinski definition) is 2. The van der Waals surface area contributed by atoms with Gasteiger partial charge in [-0.15, -0.1) is 13.2 Å². The fraction of sp³-hybridized carbons (Fsp3) is 0.125. The van der Waals surface area contributed by atoms with E-state index in [-0.39, 0.29) is 34.0 Å². The van der Waals surface area contributed by atoms with E-state index in [1.807, 2.05) is 6.92 Å². The molecule has 5 aromatic rings. The average Bonchev–Trinajstić information content (AvgIpc) is 3.53. The topological polar surface area (TPSA) is 122 Å². The summed E-state index contributed by atoms with van der Waals surface area (Å²) in [4.78, 5) is 43.0. The maximum absolute atomic E-state index is 13.0. The average molecular weight is 602 g/mol. The van der Waals surface area contributed by atoms with Crippen molar-refractivity contribution in [3.8, 4) is 28.3 Å². The van der Waals surface area contributed by atoms with Crippen LogP contribution in [0.25, 0.3) is 33.7 Å². The molecule has 222 valence electrons. The minimum absolute atomic E-state index is 0.00245. The summed E-state index contributed by atoms with van der Waals surface area (Å²) in [5.41, 5.74) is 3.18. The number of benzene rings is 4. The van der Waals surface area contributed by atoms with Gasteiger partial charge in [0.05, 0.1) is 22.4 Å². The minimum atomic E-state index is -4.85. The SMILES string of the molecule is CCCNc1ccc2oc(-c3ccc(N4C(=O)c5ccc(C(=O)O)cc5C4=O)cc3)nc2c1-c1cccc(OC(F)(F)F)c1. The molecule has 12 heteroatoms. The third kappa shape index (κ3) is 5.21. The molecule has 1 aromatic heterocycles. The molecule has 0 saturated carbocycles. The number of rotatable bonds is 8. The van der Waals surface area contributed by atoms with Gasteiger partial charge in [-0.3, -0.25) is 9.59 Å². The smallest absolute Gasteiger partial charge is 0.478 e. The lowest BCUT2D eigenvalue weighted by molar-refractivity contribution is -0.274. The number of oxazole rings is 1. The van der Waals surface area contributed by atoms with Gasteiger partial charge in [-0.2, -0.15) is 0 Å². The lowest BCUT2D eigenvalue weighted by Crippen LogP contribution is -2.29. The van der Waals surface area contributed by atoms with Gasteiger partial charge in [-0.05, 0) is 78.7 Å². The Morgan fingerprint density at radius 2 is 1.70 bits per heavy atom. The molecule has 9 nitrogen and oxygen atoms in total. The van der Waals surface area contributed by atoms with Crippen LogP contribution in [-0.4, -0.2) is 40.8 Å². The zero-order valence-corrected chi connectivity index (χ0v) is 22.9. The monoisotopic (exact) mass is 601 g/mol. The molecule has 2 heterocycles. The van der Waals surface area contributed by atoms with Gasteiger partial charge in [0.15, 0.2) is 5.58 Å². The number of fused-ring (bicyclic) bond motifs is 2. The molecular formula is C32H22F3N3O6. The number of imide groups is 1. The molecule has 0 fully saturated rings. The number of ether oxygens (including phenoxy) is 1. The summed E-state index contributed by atoms with van der Waals surface area (Å²) in [5, 5.41) is 12.5. The van der Waals surface area contributed by atoms with Gasteiger partial charge in [0.2, 0.25) is 5.89 Å². The van der Waals surface area contributed by atoms with E-state index < -0.39 is 24.1 Å². The number of aromatic carboxylic acids is 1. The third-order valence-electron chi connectivity index (χ3n) is 6.99. The second kappa shape index (κ2) is 10.9. The lowest BCUT2D eigenvalue weighted by Gasteiger charge is -2.14. The van der Waals surface area contributed by atoms with Gasteiger partial charge in [0, 0.05) is 23.4 Å². The first kappa shape index (κ1) is 28.5. The second-order valence-corrected chi connectivity index (χ2v) is 9.91. The normalized spacial score (nSPS) is 13.0. The van der Waals surface area contributed by atoms with Crippen molar-refractivity contribution in [2.24, 2.45) is 0 Å². The largest absolute Gasteiger partial charge is 0.573 e. The Labute approximate surface area is 247 Å². The summed E-state index contributed by atoms with van der Waals surface area (Å²) >= 11 is 0. The van der Waals surface area contributed by atoms with Crippen LogP contribution in [0.1, 0.15) is 44.4 Å². The number of amides is 2. The number of halogens is 3. The quantitative estimate of drug-likeness (QED) is 0.177. The Bertz CT molecular complexity index is 1950. The number of carbonyl (C=O) groups excluding carboxylic acids is 2. The highest BCUT2D eigenvalue weighted by molar-refractivity contribution is 6.34. The van der Waals surface area contributed by atoms with Crippen molar-refractivity contribution in [1.82, 2.24) is 4.98 Å². The Kier molecular flexibility index (Phi) is 7.04. The zero-order valence-electron chi connectivity index (χ0n) is 22.9. The molecule has 0 saturated heterocycles. The van der Waals surface area contributed by atoms with E-state index in [0.29, 0.717) is 40.0 Å². The summed E-state index contributed by atoms with van der Waals surface area (Å²) in [7, 11) is 0. The molecule has 0 bridgehead atoms. The fourth-order valence-electron chi connectivity index (χ4n) is 5.03. The molecule has 0 radical (unpaired) electrons. The van der Waals surface area contributed by atoms with E-state index in [9.17, 15) is 32.7 Å². The van der Waals surface area contributed by atoms with Crippen LogP contribution in [-0.2, 0) is 0 Å². The van der Waals surface area contributed by atoms with Crippen LogP contribution in [0, 0.1) is 0 Å². The predicted octanol–water partition coefficient (Wildman–Crippen LogP) is 7.38. The third-order valence-corrected chi connectivity index (χ3v) is 6.99. The zero-order chi connectivity index (χ0) is 31.2. The summed E-state index contributed by atoms with van der Waals surface area (Å²) in [5.74, 6) is -2.61. The van der Waals surface area contributed by atoms with Crippen molar-refractivity contribution >= 4 is 40.3 Å². The predicted molar refractivity (Wildman–Crippen MR) is 155 cm³/mol. The molecule has 0 spiro atoms. The number of carboxylic acids is 1. The van der Waals surface area contributed by atoms with Crippen LogP contribution in [0.5, 0.6) is 5.75 Å². The molecule has 4 aromatic carbocycles. The van der Waals surface area contributed by atoms with Gasteiger partial charge >= 0.3 is 12.3 Å². The minimum Gasteiger partial charge on any atom is -0.478 e. The van der Waals surface area contributed by atoms with Gasteiger partial charge in [0.1, 0.15) is 11.3 Å². The van der Waals surface area contributed by atoms with Crippen molar-refractivity contribution in [1.29, 1.82) is 0 Å². The Morgan fingerprint density at radius 3 is 2.41 bits per heavy atom. The summed E-state index contributed by atoms with van der Waals surface area (Å²) in [6.07, 6.45) is -4.05. The molecule has 0 aliphatic carbocycles. The Hall–Kier alpha value is -5.65. The molecule has 6 rings (SSSR count). The van der Waals surface area contributed by atoms with Crippen molar-refractivity contribution < 1.29 is 41.8 Å². The standard InChI is InChI=1S/C32H22F3N3O6/c1-2-14-36-24-12-13-25-27(26(24)18-4-3-5-21(15-18)44-32(33,34)35)37-28(43-25)17-6-9-20(10-7-17)38-29(39)22-11-8-19(31(41)42)16-23(22)30(38)40/h3-13,15-16,36H,2,14H2,1H3,(H,41,42). The Morgan fingerprint density at radius 1 is 0.955 bits per heavy atom. The van der Waals surface area contributed by atoms with E-state index in [2.05, 4.69) is 15.0 Å². The van der Waals surface area contributed by atoms with Crippen molar-refractivity contribution in [2.45, 2.75) is 19.7 Å². The van der Waals surface area contributed by atoms with E-state index in [1.165, 1.54) is 48.5 Å². The first-order valence-electron chi connectivity index (χ1n) is 13.4. The lowest BCUT2D eigenvalue weighted by atomic mass is 10.0. The van der Waals surface area contributed by atoms with Gasteiger partial charge in [-0.1, -0.05) is 19.1 Å². The van der Waals surface area contributed by atoms with E-state index in [1.54, 1.807) is 30.3 Å². The number of anilines is 2. The van der Waals surface area contributed by atoms with Gasteiger partial charge in [-0.25, -0.2) is 14.7 Å². The number of carbonyl (C=O) groups is 3. The maximum Gasteiger partial charge on any atom is 0.573 e. The van der Waals surface area contributed by atoms with Crippen LogP contribution in [0.15, 0.2) is 83.3 Å². The van der Waals surface area contributed by atoms with Gasteiger partial charge < -0.3 is 19.6 Å². The highest BCUT2D eigenvalue weighted by atomic mass is 19.4. The van der Waals surface area contributed by atoms with Crippen molar-refractivity contribution in [2.75, 3.05) is 16.8 Å². The van der Waals surface area contributed by atoms with E-state index in [0.717, 1.165) is 11.3 Å². The van der Waals surface area contributed by atoms with Crippen LogP contribution in [0.4, 0.5) is 24.5 Å². The number of hydrogen-bond acceptors (Lipinski definition) is 7. The van der Waals surface area contributed by atoms with Crippen LogP contribution < -0.4 is 15.0 Å². The molecule has 1 aliphatic rings. The fourth-order valence-corrected chi connectivity index (χ4v) is 5.03. The van der Waals surface area contributed by atoms with Crippen molar-refractivity contribution in [3.05, 3.63) is 95.6 Å². The van der Waals surface area contributed by atoms with Crippen LogP contribution >= 0.6 is 0 Å². The second-order valence-electron chi connectivity index (χ2n) is 9.91. The summed E-state index contributed by atoms with van der Waals surface area (Å²) < 4.78 is 48.9. The summed E-state index contributed by atoms with van der Waals surface area (Å²) in [6, 6.07) is 19.1. The molecule has 0 atom stereocenters. The van der Waals surface area contributed by atoms with Crippen LogP contribution in [0.2, 0.25) is 0 Å². The molecule has 1 aliphatic heterocycles. The molecule has 44 heavy (non-hydrogen) atoms. The molecule has 2 N–H and O–H groups in total. The number of alkyl halides is 3. The molecule has 2 amide bonds. The summed E-state index contributed by atoms with van der Waals surface area (Å²) in [6.45, 7) is 2.59. The number of aromatic nitrogens is 1. The van der Waals surface area contributed by atoms with E-state index >= 15 is 0 Å². The first-order chi connectivity index (χ1) is 21.0. The van der Waals surface area contributed by atoms with E-state index in [4.69, 9.17) is 4.42 Å². The Balaban J connectivity index is 1.36. The first-order valence-corrected chi connectivity index (χ1v) is 13.4. The number of carboxylic acid groups (broad SMARTS) is 1. The molecular weight excluding hydrogens is 579 g/mol. The maximum atomic E-state index is 13.0. The highest BCUT2D eigenvalue weighted by Gasteiger charge is 2.37. The molecule has 0 unspecified atom stereocenters.